The van der Waals surface area contributed by atoms with Gasteiger partial charge in [0.2, 0.25) is 5.91 Å². The van der Waals surface area contributed by atoms with E-state index in [1.54, 1.807) is 26.0 Å². The van der Waals surface area contributed by atoms with Gasteiger partial charge in [0.25, 0.3) is 0 Å². The lowest BCUT2D eigenvalue weighted by molar-refractivity contribution is -0.122. The van der Waals surface area contributed by atoms with Crippen LogP contribution in [0, 0.1) is 16.6 Å². The minimum Gasteiger partial charge on any atom is -0.512 e. The molecule has 0 aliphatic carbocycles. The number of halogens is 1. The lowest BCUT2D eigenvalue weighted by atomic mass is 9.91. The van der Waals surface area contributed by atoms with Crippen molar-refractivity contribution in [3.63, 3.8) is 0 Å². The number of amides is 1. The number of hydrogen-bond acceptors (Lipinski definition) is 5. The molecular weight excluding hydrogens is 325 g/mol. The zero-order chi connectivity index (χ0) is 18.6. The smallest absolute Gasteiger partial charge is 0.248 e. The SMILES string of the molecule is COCC(C)(C)/C(O)=C/C(=N)NC(=O)[C@@H]1CCN1c1ccc(F)cc1. The zero-order valence-electron chi connectivity index (χ0n) is 14.7. The van der Waals surface area contributed by atoms with E-state index in [0.29, 0.717) is 13.0 Å². The number of aliphatic hydroxyl groups is 1. The molecule has 1 atom stereocenters. The van der Waals surface area contributed by atoms with Crippen LogP contribution in [-0.2, 0) is 9.53 Å². The monoisotopic (exact) mass is 349 g/mol. The second kappa shape index (κ2) is 7.65. The number of carbonyl (C=O) groups excluding carboxylic acids is 1. The standard InChI is InChI=1S/C18H24FN3O3/c1-18(2,11-25-3)15(23)10-16(20)21-17(24)14-8-9-22(14)13-6-4-12(19)5-7-13/h4-7,10,14,23H,8-9,11H2,1-3H3,(H2,20,21,24)/b15-10-/t14-/m0/s1. The van der Waals surface area contributed by atoms with Crippen molar-refractivity contribution in [2.75, 3.05) is 25.2 Å². The first-order chi connectivity index (χ1) is 11.7. The van der Waals surface area contributed by atoms with Gasteiger partial charge in [-0.3, -0.25) is 10.2 Å². The van der Waals surface area contributed by atoms with Gasteiger partial charge in [0.05, 0.1) is 6.61 Å². The van der Waals surface area contributed by atoms with E-state index in [4.69, 9.17) is 10.1 Å². The third kappa shape index (κ3) is 4.57. The number of hydrogen-bond donors (Lipinski definition) is 3. The van der Waals surface area contributed by atoms with Gasteiger partial charge >= 0.3 is 0 Å². The second-order valence-electron chi connectivity index (χ2n) is 6.72. The van der Waals surface area contributed by atoms with Crippen molar-refractivity contribution in [1.29, 1.82) is 5.41 Å². The number of methoxy groups -OCH3 is 1. The van der Waals surface area contributed by atoms with Gasteiger partial charge in [-0.25, -0.2) is 4.39 Å². The van der Waals surface area contributed by atoms with Crippen molar-refractivity contribution in [3.8, 4) is 0 Å². The molecule has 6 nitrogen and oxygen atoms in total. The fourth-order valence-electron chi connectivity index (χ4n) is 2.62. The van der Waals surface area contributed by atoms with Crippen molar-refractivity contribution < 1.29 is 19.0 Å². The van der Waals surface area contributed by atoms with Crippen LogP contribution in [0.2, 0.25) is 0 Å². The molecule has 0 saturated carbocycles. The normalized spacial score (nSPS) is 17.8. The van der Waals surface area contributed by atoms with E-state index < -0.39 is 11.5 Å². The van der Waals surface area contributed by atoms with E-state index >= 15 is 0 Å². The number of nitrogens with zero attached hydrogens (tertiary/aromatic N) is 1. The van der Waals surface area contributed by atoms with Gasteiger partial charge in [-0.15, -0.1) is 0 Å². The van der Waals surface area contributed by atoms with Gasteiger partial charge in [-0.1, -0.05) is 13.8 Å². The van der Waals surface area contributed by atoms with Gasteiger partial charge in [0.1, 0.15) is 23.5 Å². The van der Waals surface area contributed by atoms with Gasteiger partial charge < -0.3 is 20.1 Å². The molecule has 7 heteroatoms. The Balaban J connectivity index is 1.97. The summed E-state index contributed by atoms with van der Waals surface area (Å²) in [5.41, 5.74) is 0.113. The van der Waals surface area contributed by atoms with Gasteiger partial charge in [0.15, 0.2) is 0 Å². The highest BCUT2D eigenvalue weighted by atomic mass is 19.1. The third-order valence-electron chi connectivity index (χ3n) is 4.22. The number of anilines is 1. The van der Waals surface area contributed by atoms with E-state index in [9.17, 15) is 14.3 Å². The van der Waals surface area contributed by atoms with Crippen molar-refractivity contribution in [3.05, 3.63) is 41.9 Å². The number of carbonyl (C=O) groups is 1. The highest BCUT2D eigenvalue weighted by Gasteiger charge is 2.34. The van der Waals surface area contributed by atoms with Crippen molar-refractivity contribution in [1.82, 2.24) is 5.32 Å². The summed E-state index contributed by atoms with van der Waals surface area (Å²) in [6.45, 7) is 4.54. The summed E-state index contributed by atoms with van der Waals surface area (Å²) >= 11 is 0. The number of nitrogens with one attached hydrogen (secondary N) is 2. The first kappa shape index (κ1) is 18.9. The van der Waals surface area contributed by atoms with Crippen LogP contribution in [0.15, 0.2) is 36.1 Å². The minimum atomic E-state index is -0.650. The van der Waals surface area contributed by atoms with E-state index in [-0.39, 0.29) is 29.9 Å². The number of benzene rings is 1. The summed E-state index contributed by atoms with van der Waals surface area (Å²) in [6, 6.07) is 5.54. The van der Waals surface area contributed by atoms with Crippen LogP contribution in [0.3, 0.4) is 0 Å². The van der Waals surface area contributed by atoms with Crippen molar-refractivity contribution >= 4 is 17.4 Å². The summed E-state index contributed by atoms with van der Waals surface area (Å²) < 4.78 is 18.0. The predicted molar refractivity (Wildman–Crippen MR) is 94.4 cm³/mol. The molecule has 0 unspecified atom stereocenters. The van der Waals surface area contributed by atoms with E-state index in [0.717, 1.165) is 5.69 Å². The summed E-state index contributed by atoms with van der Waals surface area (Å²) in [7, 11) is 1.53. The molecule has 1 amide bonds. The molecular formula is C18H24FN3O3. The Morgan fingerprint density at radius 1 is 1.48 bits per heavy atom. The minimum absolute atomic E-state index is 0.0383. The molecule has 0 aromatic heterocycles. The third-order valence-corrected chi connectivity index (χ3v) is 4.22. The number of amidine groups is 1. The number of ether oxygens (including phenoxy) is 1. The lowest BCUT2D eigenvalue weighted by Crippen LogP contribution is -2.57. The fraction of sp³-hybridized carbons (Fsp3) is 0.444. The van der Waals surface area contributed by atoms with Crippen LogP contribution in [0.25, 0.3) is 0 Å². The van der Waals surface area contributed by atoms with Crippen LogP contribution < -0.4 is 10.2 Å². The van der Waals surface area contributed by atoms with E-state index in [2.05, 4.69) is 5.32 Å². The Morgan fingerprint density at radius 2 is 2.12 bits per heavy atom. The maximum absolute atomic E-state index is 13.0. The predicted octanol–water partition coefficient (Wildman–Crippen LogP) is 2.61. The Bertz CT molecular complexity index is 671. The first-order valence-corrected chi connectivity index (χ1v) is 8.06. The van der Waals surface area contributed by atoms with Gasteiger partial charge in [-0.05, 0) is 30.7 Å². The van der Waals surface area contributed by atoms with Crippen LogP contribution in [0.1, 0.15) is 20.3 Å². The topological polar surface area (TPSA) is 85.6 Å². The molecule has 0 spiro atoms. The molecule has 1 fully saturated rings. The zero-order valence-corrected chi connectivity index (χ0v) is 14.7. The largest absolute Gasteiger partial charge is 0.512 e. The van der Waals surface area contributed by atoms with E-state index in [1.807, 2.05) is 4.90 Å². The summed E-state index contributed by atoms with van der Waals surface area (Å²) in [6.07, 6.45) is 1.87. The molecule has 1 saturated heterocycles. The molecule has 25 heavy (non-hydrogen) atoms. The molecule has 0 radical (unpaired) electrons. The van der Waals surface area contributed by atoms with Crippen molar-refractivity contribution in [2.45, 2.75) is 26.3 Å². The maximum atomic E-state index is 13.0. The van der Waals surface area contributed by atoms with Crippen LogP contribution in [0.4, 0.5) is 10.1 Å². The Labute approximate surface area is 146 Å². The summed E-state index contributed by atoms with van der Waals surface area (Å²) in [5.74, 6) is -0.873. The van der Waals surface area contributed by atoms with Crippen LogP contribution >= 0.6 is 0 Å². The van der Waals surface area contributed by atoms with Crippen molar-refractivity contribution in [2.24, 2.45) is 5.41 Å². The molecule has 136 valence electrons. The van der Waals surface area contributed by atoms with Gasteiger partial charge in [0, 0.05) is 30.8 Å². The van der Waals surface area contributed by atoms with Crippen LogP contribution in [0.5, 0.6) is 0 Å². The highest BCUT2D eigenvalue weighted by molar-refractivity contribution is 6.05. The van der Waals surface area contributed by atoms with Gasteiger partial charge in [-0.2, -0.15) is 0 Å². The molecule has 1 aromatic rings. The maximum Gasteiger partial charge on any atom is 0.248 e. The highest BCUT2D eigenvalue weighted by Crippen LogP contribution is 2.27. The fourth-order valence-corrected chi connectivity index (χ4v) is 2.62. The number of rotatable bonds is 6. The molecule has 1 heterocycles. The molecule has 3 N–H and O–H groups in total. The van der Waals surface area contributed by atoms with Crippen LogP contribution in [-0.4, -0.2) is 43.2 Å². The molecule has 2 rings (SSSR count). The quantitative estimate of drug-likeness (QED) is 0.419. The molecule has 1 aliphatic rings. The number of aliphatic hydroxyl groups excluding tert-OH is 1. The Hall–Kier alpha value is -2.41. The molecule has 1 aromatic carbocycles. The molecule has 1 aliphatic heterocycles. The Morgan fingerprint density at radius 3 is 2.64 bits per heavy atom. The van der Waals surface area contributed by atoms with E-state index in [1.165, 1.54) is 25.3 Å². The lowest BCUT2D eigenvalue weighted by Gasteiger charge is -2.41. The second-order valence-corrected chi connectivity index (χ2v) is 6.72. The molecule has 0 bridgehead atoms. The average molecular weight is 349 g/mol. The Kier molecular flexibility index (Phi) is 5.79. The summed E-state index contributed by atoms with van der Waals surface area (Å²) in [5, 5.41) is 20.5. The summed E-state index contributed by atoms with van der Waals surface area (Å²) in [4.78, 5) is 14.2. The first-order valence-electron chi connectivity index (χ1n) is 8.06. The average Bonchev–Trinajstić information content (AvgIpc) is 2.47.